The summed E-state index contributed by atoms with van der Waals surface area (Å²) >= 11 is 2.79. The molecule has 0 saturated carbocycles. The quantitative estimate of drug-likeness (QED) is 0.467. The van der Waals surface area contributed by atoms with Crippen LogP contribution in [-0.2, 0) is 4.79 Å². The summed E-state index contributed by atoms with van der Waals surface area (Å²) < 4.78 is 0. The van der Waals surface area contributed by atoms with Crippen molar-refractivity contribution in [1.29, 1.82) is 0 Å². The fourth-order valence-electron chi connectivity index (χ4n) is 2.60. The Morgan fingerprint density at radius 2 is 1.93 bits per heavy atom. The van der Waals surface area contributed by atoms with Gasteiger partial charge in [-0.25, -0.2) is 4.98 Å². The lowest BCUT2D eigenvalue weighted by Crippen LogP contribution is -2.24. The number of para-hydroxylation sites is 2. The molecular weight excluding hydrogens is 378 g/mol. The number of fused-ring (bicyclic) bond motifs is 1. The van der Waals surface area contributed by atoms with Gasteiger partial charge < -0.3 is 4.98 Å². The number of hydrogen-bond donors (Lipinski definition) is 2. The summed E-state index contributed by atoms with van der Waals surface area (Å²) in [6.45, 7) is 1.98. The zero-order valence-electron chi connectivity index (χ0n) is 14.5. The molecule has 0 spiro atoms. The van der Waals surface area contributed by atoms with Gasteiger partial charge >= 0.3 is 0 Å². The fourth-order valence-corrected chi connectivity index (χ4v) is 4.27. The topological polar surface area (TPSA) is 83.6 Å². The number of nitrogens with zero attached hydrogens (tertiary/aromatic N) is 3. The third-order valence-electron chi connectivity index (χ3n) is 3.96. The van der Waals surface area contributed by atoms with Crippen molar-refractivity contribution in [2.75, 3.05) is 5.32 Å². The van der Waals surface area contributed by atoms with E-state index in [9.17, 15) is 4.79 Å². The Labute approximate surface area is 164 Å². The number of carbonyl (C=O) groups is 1. The molecular formula is C19H17N5OS2. The highest BCUT2D eigenvalue weighted by atomic mass is 32.2. The molecule has 0 aliphatic carbocycles. The molecule has 2 aromatic heterocycles. The second-order valence-corrected chi connectivity index (χ2v) is 8.01. The van der Waals surface area contributed by atoms with Gasteiger partial charge in [0.25, 0.3) is 0 Å². The molecule has 2 N–H and O–H groups in total. The molecule has 4 aromatic rings. The Balaban J connectivity index is 1.45. The summed E-state index contributed by atoms with van der Waals surface area (Å²) in [5.41, 5.74) is 2.85. The number of H-pyrrole nitrogens is 1. The van der Waals surface area contributed by atoms with Gasteiger partial charge in [-0.3, -0.25) is 10.1 Å². The van der Waals surface area contributed by atoms with Crippen molar-refractivity contribution in [3.63, 3.8) is 0 Å². The number of aromatic nitrogens is 4. The molecule has 27 heavy (non-hydrogen) atoms. The van der Waals surface area contributed by atoms with Gasteiger partial charge in [0.15, 0.2) is 5.16 Å². The van der Waals surface area contributed by atoms with Crippen LogP contribution >= 0.6 is 23.1 Å². The number of rotatable bonds is 6. The Bertz CT molecular complexity index is 1030. The van der Waals surface area contributed by atoms with E-state index >= 15 is 0 Å². The maximum Gasteiger partial charge on any atom is 0.239 e. The van der Waals surface area contributed by atoms with E-state index in [1.54, 1.807) is 0 Å². The number of thioether (sulfide) groups is 1. The van der Waals surface area contributed by atoms with Gasteiger partial charge in [0.1, 0.15) is 5.01 Å². The van der Waals surface area contributed by atoms with E-state index in [1.165, 1.54) is 23.1 Å². The van der Waals surface area contributed by atoms with E-state index in [-0.39, 0.29) is 11.2 Å². The van der Waals surface area contributed by atoms with E-state index in [0.29, 0.717) is 11.6 Å². The average Bonchev–Trinajstić information content (AvgIpc) is 3.33. The normalized spacial score (nSPS) is 12.2. The third kappa shape index (κ3) is 4.01. The lowest BCUT2D eigenvalue weighted by atomic mass is 10.2. The van der Waals surface area contributed by atoms with Crippen molar-refractivity contribution in [3.05, 3.63) is 54.6 Å². The molecule has 2 heterocycles. The number of nitrogens with one attached hydrogen (secondary N) is 2. The summed E-state index contributed by atoms with van der Waals surface area (Å²) in [5, 5.41) is 12.9. The zero-order chi connectivity index (χ0) is 18.6. The lowest BCUT2D eigenvalue weighted by Gasteiger charge is -2.11. The number of aromatic amines is 1. The summed E-state index contributed by atoms with van der Waals surface area (Å²) in [5.74, 6) is -0.0984. The largest absolute Gasteiger partial charge is 0.333 e. The zero-order valence-corrected chi connectivity index (χ0v) is 16.2. The van der Waals surface area contributed by atoms with Gasteiger partial charge in [-0.05, 0) is 18.6 Å². The smallest absolute Gasteiger partial charge is 0.239 e. The predicted molar refractivity (Wildman–Crippen MR) is 110 cm³/mol. The highest BCUT2D eigenvalue weighted by Crippen LogP contribution is 2.29. The van der Waals surface area contributed by atoms with Crippen molar-refractivity contribution in [3.8, 4) is 10.6 Å². The first-order valence-corrected chi connectivity index (χ1v) is 10.2. The second-order valence-electron chi connectivity index (χ2n) is 5.84. The lowest BCUT2D eigenvalue weighted by molar-refractivity contribution is -0.115. The van der Waals surface area contributed by atoms with E-state index < -0.39 is 0 Å². The molecule has 8 heteroatoms. The van der Waals surface area contributed by atoms with Crippen LogP contribution in [0.15, 0.2) is 59.8 Å². The van der Waals surface area contributed by atoms with Crippen LogP contribution in [-0.4, -0.2) is 31.3 Å². The van der Waals surface area contributed by atoms with E-state index in [4.69, 9.17) is 0 Å². The monoisotopic (exact) mass is 395 g/mol. The first kappa shape index (κ1) is 17.7. The minimum atomic E-state index is -0.269. The van der Waals surface area contributed by atoms with E-state index in [2.05, 4.69) is 25.5 Å². The number of carbonyl (C=O) groups excluding carboxylic acids is 1. The molecule has 0 fully saturated rings. The van der Waals surface area contributed by atoms with Gasteiger partial charge in [-0.2, -0.15) is 0 Å². The molecule has 6 nitrogen and oxygen atoms in total. The molecule has 0 saturated heterocycles. The SMILES string of the molecule is CCC(Sc1nc2ccccc2[nH]1)C(=O)Nc1nnc(-c2ccccc2)s1. The number of anilines is 1. The summed E-state index contributed by atoms with van der Waals surface area (Å²) in [6, 6.07) is 17.6. The molecule has 0 aliphatic heterocycles. The Kier molecular flexibility index (Phi) is 5.17. The molecule has 1 unspecified atom stereocenters. The number of amides is 1. The van der Waals surface area contributed by atoms with Crippen LogP contribution in [0.25, 0.3) is 21.6 Å². The van der Waals surface area contributed by atoms with E-state index in [1.807, 2.05) is 61.5 Å². The summed E-state index contributed by atoms with van der Waals surface area (Å²) in [7, 11) is 0. The minimum Gasteiger partial charge on any atom is -0.333 e. The Morgan fingerprint density at radius 1 is 1.15 bits per heavy atom. The molecule has 1 atom stereocenters. The van der Waals surface area contributed by atoms with Crippen LogP contribution in [0.5, 0.6) is 0 Å². The first-order chi connectivity index (χ1) is 13.2. The van der Waals surface area contributed by atoms with Crippen LogP contribution in [0.3, 0.4) is 0 Å². The standard InChI is InChI=1S/C19H17N5OS2/c1-2-15(26-18-20-13-10-6-7-11-14(13)21-18)16(25)22-19-24-23-17(27-19)12-8-4-3-5-9-12/h3-11,15H,2H2,1H3,(H,20,21)(H,22,24,25). The molecule has 2 aromatic carbocycles. The van der Waals surface area contributed by atoms with Crippen LogP contribution in [0.2, 0.25) is 0 Å². The van der Waals surface area contributed by atoms with Gasteiger partial charge in [0.2, 0.25) is 11.0 Å². The van der Waals surface area contributed by atoms with Crippen molar-refractivity contribution in [1.82, 2.24) is 20.2 Å². The fraction of sp³-hybridized carbons (Fsp3) is 0.158. The highest BCUT2D eigenvalue weighted by Gasteiger charge is 2.21. The average molecular weight is 396 g/mol. The molecule has 0 bridgehead atoms. The van der Waals surface area contributed by atoms with Gasteiger partial charge in [-0.15, -0.1) is 10.2 Å². The third-order valence-corrected chi connectivity index (χ3v) is 6.10. The number of imidazole rings is 1. The number of hydrogen-bond acceptors (Lipinski definition) is 6. The van der Waals surface area contributed by atoms with Crippen LogP contribution in [0.4, 0.5) is 5.13 Å². The predicted octanol–water partition coefficient (Wildman–Crippen LogP) is 4.59. The Hall–Kier alpha value is -2.71. The van der Waals surface area contributed by atoms with Gasteiger partial charge in [-0.1, -0.05) is 72.5 Å². The maximum absolute atomic E-state index is 12.7. The van der Waals surface area contributed by atoms with Crippen molar-refractivity contribution >= 4 is 45.2 Å². The molecule has 136 valence electrons. The van der Waals surface area contributed by atoms with Crippen LogP contribution < -0.4 is 5.32 Å². The van der Waals surface area contributed by atoms with Crippen molar-refractivity contribution in [2.24, 2.45) is 0 Å². The molecule has 0 radical (unpaired) electrons. The second kappa shape index (κ2) is 7.89. The highest BCUT2D eigenvalue weighted by molar-refractivity contribution is 8.00. The van der Waals surface area contributed by atoms with E-state index in [0.717, 1.165) is 26.8 Å². The van der Waals surface area contributed by atoms with Crippen LogP contribution in [0.1, 0.15) is 13.3 Å². The van der Waals surface area contributed by atoms with Gasteiger partial charge in [0.05, 0.1) is 16.3 Å². The summed E-state index contributed by atoms with van der Waals surface area (Å²) in [4.78, 5) is 20.5. The van der Waals surface area contributed by atoms with Gasteiger partial charge in [0, 0.05) is 5.56 Å². The molecule has 4 rings (SSSR count). The molecule has 0 aliphatic rings. The first-order valence-electron chi connectivity index (χ1n) is 8.54. The van der Waals surface area contributed by atoms with Crippen LogP contribution in [0, 0.1) is 0 Å². The Morgan fingerprint density at radius 3 is 2.70 bits per heavy atom. The summed E-state index contributed by atoms with van der Waals surface area (Å²) in [6.07, 6.45) is 0.678. The minimum absolute atomic E-state index is 0.0984. The molecule has 1 amide bonds. The number of benzene rings is 2. The van der Waals surface area contributed by atoms with Crippen molar-refractivity contribution < 1.29 is 4.79 Å². The maximum atomic E-state index is 12.7. The van der Waals surface area contributed by atoms with Crippen molar-refractivity contribution in [2.45, 2.75) is 23.8 Å².